The summed E-state index contributed by atoms with van der Waals surface area (Å²) < 4.78 is 0. The number of rotatable bonds is 6. The van der Waals surface area contributed by atoms with E-state index in [-0.39, 0.29) is 0 Å². The average Bonchev–Trinajstić information content (AvgIpc) is 2.02. The van der Waals surface area contributed by atoms with Gasteiger partial charge < -0.3 is 0 Å². The first-order valence-corrected chi connectivity index (χ1v) is 2.96. The molecule has 0 aromatic carbocycles. The summed E-state index contributed by atoms with van der Waals surface area (Å²) in [4.78, 5) is 37.7. The fraction of sp³-hybridized carbons (Fsp3) is 1.00. The summed E-state index contributed by atoms with van der Waals surface area (Å²) in [6, 6.07) is 0. The number of nitro groups is 3. The Morgan fingerprint density at radius 2 is 1.20 bits per heavy atom. The molecule has 0 aromatic heterocycles. The predicted molar refractivity (Wildman–Crippen MR) is 36.7 cm³/mol. The van der Waals surface area contributed by atoms with Crippen LogP contribution in [0.15, 0.2) is 0 Å². The van der Waals surface area contributed by atoms with E-state index in [1.807, 2.05) is 0 Å². The largest absolute Gasteiger partial charge is 0.723 e. The van der Waals surface area contributed by atoms with Crippen LogP contribution in [0.4, 0.5) is 0 Å². The number of nitrogens with zero attached hydrogens (tertiary/aromatic N) is 4. The van der Waals surface area contributed by atoms with Gasteiger partial charge >= 0.3 is 12.4 Å². The molecule has 0 aliphatic heterocycles. The minimum Gasteiger partial charge on any atom is -0.289 e. The maximum absolute atomic E-state index is 10.1. The molecular formula is C2H2N4O9. The maximum Gasteiger partial charge on any atom is 0.723 e. The van der Waals surface area contributed by atoms with Gasteiger partial charge in [0.1, 0.15) is 0 Å². The van der Waals surface area contributed by atoms with E-state index in [1.54, 1.807) is 0 Å². The lowest BCUT2D eigenvalue weighted by Crippen LogP contribution is -2.57. The molecule has 0 saturated heterocycles. The van der Waals surface area contributed by atoms with Gasteiger partial charge in [-0.3, -0.25) is 35.2 Å². The molecule has 0 aliphatic carbocycles. The van der Waals surface area contributed by atoms with Gasteiger partial charge in [-0.1, -0.05) is 0 Å². The minimum absolute atomic E-state index is 1.61. The first-order chi connectivity index (χ1) is 6.75. The SMILES string of the molecule is O=[N+]([O-])OCC([N+](=O)[O-])([N+](=O)[O-])[N+](=O)[O-]. The maximum atomic E-state index is 10.1. The zero-order valence-electron chi connectivity index (χ0n) is 6.67. The Balaban J connectivity index is 5.15. The second kappa shape index (κ2) is 4.07. The molecule has 15 heavy (non-hydrogen) atoms. The van der Waals surface area contributed by atoms with E-state index in [4.69, 9.17) is 0 Å². The zero-order valence-corrected chi connectivity index (χ0v) is 6.67. The van der Waals surface area contributed by atoms with Crippen LogP contribution in [0.1, 0.15) is 0 Å². The molecule has 0 N–H and O–H groups in total. The molecule has 0 fully saturated rings. The van der Waals surface area contributed by atoms with Crippen LogP contribution in [0.2, 0.25) is 0 Å². The van der Waals surface area contributed by atoms with Gasteiger partial charge in [-0.2, -0.15) is 0 Å². The third-order valence-corrected chi connectivity index (χ3v) is 1.24. The molecule has 84 valence electrons. The summed E-state index contributed by atoms with van der Waals surface area (Å²) in [5.74, 6) is -3.97. The van der Waals surface area contributed by atoms with Gasteiger partial charge in [-0.05, 0) is 0 Å². The fourth-order valence-corrected chi connectivity index (χ4v) is 0.497. The highest BCUT2D eigenvalue weighted by molar-refractivity contribution is 4.49. The molecule has 0 aromatic rings. The van der Waals surface area contributed by atoms with Crippen molar-refractivity contribution in [2.75, 3.05) is 6.61 Å². The quantitative estimate of drug-likeness (QED) is 0.301. The molecule has 13 nitrogen and oxygen atoms in total. The molecule has 13 heteroatoms. The second-order valence-electron chi connectivity index (χ2n) is 2.04. The van der Waals surface area contributed by atoms with Crippen molar-refractivity contribution in [2.45, 2.75) is 5.79 Å². The lowest BCUT2D eigenvalue weighted by atomic mass is 10.4. The molecule has 0 unspecified atom stereocenters. The Morgan fingerprint density at radius 3 is 1.40 bits per heavy atom. The van der Waals surface area contributed by atoms with Crippen molar-refractivity contribution in [3.05, 3.63) is 40.5 Å². The molecule has 0 bridgehead atoms. The van der Waals surface area contributed by atoms with Gasteiger partial charge in [-0.25, -0.2) is 0 Å². The topological polar surface area (TPSA) is 182 Å². The summed E-state index contributed by atoms with van der Waals surface area (Å²) in [6.07, 6.45) is 0. The van der Waals surface area contributed by atoms with Crippen LogP contribution in [-0.2, 0) is 4.84 Å². The molecule has 0 spiro atoms. The highest BCUT2D eigenvalue weighted by atomic mass is 17.0. The summed E-state index contributed by atoms with van der Waals surface area (Å²) in [5, 5.41) is 38.4. The molecule has 0 aliphatic rings. The van der Waals surface area contributed by atoms with Crippen molar-refractivity contribution in [2.24, 2.45) is 0 Å². The summed E-state index contributed by atoms with van der Waals surface area (Å²) in [7, 11) is 0. The fourth-order valence-electron chi connectivity index (χ4n) is 0.497. The predicted octanol–water partition coefficient (Wildman–Crippen LogP) is -1.32. The van der Waals surface area contributed by atoms with Gasteiger partial charge in [0.2, 0.25) is 0 Å². The van der Waals surface area contributed by atoms with Gasteiger partial charge in [0.05, 0.1) is 0 Å². The van der Waals surface area contributed by atoms with Crippen LogP contribution in [0, 0.1) is 40.5 Å². The van der Waals surface area contributed by atoms with Crippen LogP contribution in [0.25, 0.3) is 0 Å². The first kappa shape index (κ1) is 12.4. The van der Waals surface area contributed by atoms with E-state index in [0.717, 1.165) is 0 Å². The normalized spacial score (nSPS) is 10.4. The van der Waals surface area contributed by atoms with Crippen LogP contribution < -0.4 is 0 Å². The van der Waals surface area contributed by atoms with Crippen molar-refractivity contribution in [1.29, 1.82) is 0 Å². The smallest absolute Gasteiger partial charge is 0.289 e. The van der Waals surface area contributed by atoms with Gasteiger partial charge in [0.25, 0.3) is 5.09 Å². The summed E-state index contributed by atoms with van der Waals surface area (Å²) in [6.45, 7) is -1.91. The van der Waals surface area contributed by atoms with Gasteiger partial charge in [0, 0.05) is 0 Å². The lowest BCUT2D eigenvalue weighted by Gasteiger charge is -2.06. The highest BCUT2D eigenvalue weighted by Crippen LogP contribution is 2.12. The van der Waals surface area contributed by atoms with Gasteiger partial charge in [0.15, 0.2) is 14.8 Å². The van der Waals surface area contributed by atoms with E-state index in [9.17, 15) is 40.5 Å². The zero-order chi connectivity index (χ0) is 12.2. The van der Waals surface area contributed by atoms with E-state index < -0.39 is 32.3 Å². The second-order valence-corrected chi connectivity index (χ2v) is 2.04. The van der Waals surface area contributed by atoms with E-state index in [0.29, 0.717) is 0 Å². The summed E-state index contributed by atoms with van der Waals surface area (Å²) >= 11 is 0. The summed E-state index contributed by atoms with van der Waals surface area (Å²) in [5.41, 5.74) is 0. The Labute approximate surface area is 78.8 Å². The van der Waals surface area contributed by atoms with E-state index >= 15 is 0 Å². The van der Waals surface area contributed by atoms with Crippen molar-refractivity contribution in [3.8, 4) is 0 Å². The first-order valence-electron chi connectivity index (χ1n) is 2.96. The Morgan fingerprint density at radius 1 is 0.867 bits per heavy atom. The number of hydrogen-bond acceptors (Lipinski definition) is 9. The van der Waals surface area contributed by atoms with Gasteiger partial charge in [-0.15, -0.1) is 10.1 Å². The molecule has 0 heterocycles. The standard InChI is InChI=1S/C2H2N4O9/c7-3(8)2(4(9)10,5(11)12)1-15-6(13)14/h1H2. The molecule has 0 atom stereocenters. The number of hydrogen-bond donors (Lipinski definition) is 0. The highest BCUT2D eigenvalue weighted by Gasteiger charge is 2.71. The Bertz CT molecular complexity index is 286. The van der Waals surface area contributed by atoms with Crippen LogP contribution in [-0.4, -0.2) is 32.3 Å². The van der Waals surface area contributed by atoms with Crippen molar-refractivity contribution in [1.82, 2.24) is 0 Å². The van der Waals surface area contributed by atoms with Crippen LogP contribution in [0.3, 0.4) is 0 Å². The molecule has 0 rings (SSSR count). The van der Waals surface area contributed by atoms with E-state index in [1.165, 1.54) is 0 Å². The van der Waals surface area contributed by atoms with E-state index in [2.05, 4.69) is 4.84 Å². The van der Waals surface area contributed by atoms with Crippen LogP contribution >= 0.6 is 0 Å². The molecule has 0 radical (unpaired) electrons. The third kappa shape index (κ3) is 2.20. The monoisotopic (exact) mass is 226 g/mol. The van der Waals surface area contributed by atoms with Crippen molar-refractivity contribution < 1.29 is 24.7 Å². The lowest BCUT2D eigenvalue weighted by molar-refractivity contribution is -0.981. The minimum atomic E-state index is -3.97. The third-order valence-electron chi connectivity index (χ3n) is 1.24. The van der Waals surface area contributed by atoms with Crippen LogP contribution in [0.5, 0.6) is 0 Å². The Hall–Kier alpha value is -2.60. The molecular weight excluding hydrogens is 224 g/mol. The molecule has 0 amide bonds. The van der Waals surface area contributed by atoms with Crippen molar-refractivity contribution >= 4 is 0 Å². The van der Waals surface area contributed by atoms with Crippen molar-refractivity contribution in [3.63, 3.8) is 0 Å². The molecule has 0 saturated carbocycles. The average molecular weight is 226 g/mol. The Kier molecular flexibility index (Phi) is 3.37.